The third-order valence-corrected chi connectivity index (χ3v) is 4.40. The third-order valence-electron chi connectivity index (χ3n) is 4.40. The molecule has 1 aliphatic rings. The van der Waals surface area contributed by atoms with Gasteiger partial charge in [-0.05, 0) is 42.7 Å². The van der Waals surface area contributed by atoms with E-state index in [0.717, 1.165) is 37.3 Å². The fourth-order valence-corrected chi connectivity index (χ4v) is 3.01. The number of benzene rings is 1. The van der Waals surface area contributed by atoms with Crippen molar-refractivity contribution in [3.05, 3.63) is 59.9 Å². The summed E-state index contributed by atoms with van der Waals surface area (Å²) in [6, 6.07) is 9.68. The Balaban J connectivity index is 1.45. The molecule has 3 aromatic rings. The number of pyridine rings is 1. The van der Waals surface area contributed by atoms with Crippen LogP contribution in [-0.2, 0) is 6.54 Å². The molecule has 4 rings (SSSR count). The topological polar surface area (TPSA) is 84.2 Å². The third kappa shape index (κ3) is 3.94. The normalized spacial score (nSPS) is 13.7. The van der Waals surface area contributed by atoms with Gasteiger partial charge in [-0.3, -0.25) is 4.79 Å². The van der Waals surface area contributed by atoms with Gasteiger partial charge in [-0.1, -0.05) is 17.3 Å². The zero-order valence-electron chi connectivity index (χ0n) is 14.6. The van der Waals surface area contributed by atoms with Crippen LogP contribution in [0.2, 0.25) is 0 Å². The van der Waals surface area contributed by atoms with Crippen LogP contribution < -0.4 is 10.2 Å². The molecule has 1 aromatic carbocycles. The van der Waals surface area contributed by atoms with E-state index in [1.165, 1.54) is 12.1 Å². The standard InChI is InChI=1S/C19H18FN5O2/c20-15-5-3-4-13(10-15)12-22-18(26)19-23-17(24-27-19)14-6-7-21-16(11-14)25-8-1-2-9-25/h3-7,10-11H,1-2,8-9,12H2,(H,22,26). The SMILES string of the molecule is O=C(NCc1cccc(F)c1)c1nc(-c2ccnc(N3CCCC3)c2)no1. The number of hydrogen-bond acceptors (Lipinski definition) is 6. The molecule has 138 valence electrons. The highest BCUT2D eigenvalue weighted by atomic mass is 19.1. The minimum atomic E-state index is -0.508. The average molecular weight is 367 g/mol. The Kier molecular flexibility index (Phi) is 4.78. The number of anilines is 1. The van der Waals surface area contributed by atoms with E-state index in [2.05, 4.69) is 25.3 Å². The number of hydrogen-bond donors (Lipinski definition) is 1. The van der Waals surface area contributed by atoms with Crippen molar-refractivity contribution in [3.8, 4) is 11.4 Å². The van der Waals surface area contributed by atoms with Crippen LogP contribution in [0.5, 0.6) is 0 Å². The summed E-state index contributed by atoms with van der Waals surface area (Å²) < 4.78 is 18.3. The van der Waals surface area contributed by atoms with E-state index in [1.807, 2.05) is 6.07 Å². The van der Waals surface area contributed by atoms with Crippen LogP contribution >= 0.6 is 0 Å². The molecule has 0 atom stereocenters. The quantitative estimate of drug-likeness (QED) is 0.747. The maximum atomic E-state index is 13.2. The summed E-state index contributed by atoms with van der Waals surface area (Å²) in [5, 5.41) is 6.53. The van der Waals surface area contributed by atoms with Gasteiger partial charge in [-0.25, -0.2) is 9.37 Å². The summed E-state index contributed by atoms with van der Waals surface area (Å²) in [4.78, 5) is 23.0. The molecule has 1 N–H and O–H groups in total. The van der Waals surface area contributed by atoms with Gasteiger partial charge >= 0.3 is 11.8 Å². The molecule has 0 aliphatic carbocycles. The molecule has 0 spiro atoms. The predicted octanol–water partition coefficient (Wildman–Crippen LogP) is 2.80. The molecule has 1 saturated heterocycles. The highest BCUT2D eigenvalue weighted by Gasteiger charge is 2.18. The molecule has 1 amide bonds. The van der Waals surface area contributed by atoms with Gasteiger partial charge in [-0.2, -0.15) is 4.98 Å². The lowest BCUT2D eigenvalue weighted by Crippen LogP contribution is -2.23. The molecular weight excluding hydrogens is 349 g/mol. The van der Waals surface area contributed by atoms with Crippen LogP contribution in [0.15, 0.2) is 47.1 Å². The van der Waals surface area contributed by atoms with Gasteiger partial charge in [-0.15, -0.1) is 0 Å². The predicted molar refractivity (Wildman–Crippen MR) is 96.5 cm³/mol. The highest BCUT2D eigenvalue weighted by molar-refractivity contribution is 5.89. The van der Waals surface area contributed by atoms with Gasteiger partial charge < -0.3 is 14.7 Å². The Labute approximate surface area is 155 Å². The summed E-state index contributed by atoms with van der Waals surface area (Å²) in [5.41, 5.74) is 1.38. The van der Waals surface area contributed by atoms with Crippen molar-refractivity contribution < 1.29 is 13.7 Å². The number of carbonyl (C=O) groups excluding carboxylic acids is 1. The Morgan fingerprint density at radius 3 is 2.89 bits per heavy atom. The first-order valence-corrected chi connectivity index (χ1v) is 8.77. The van der Waals surface area contributed by atoms with Crippen molar-refractivity contribution in [2.45, 2.75) is 19.4 Å². The first-order chi connectivity index (χ1) is 13.2. The van der Waals surface area contributed by atoms with Crippen molar-refractivity contribution in [3.63, 3.8) is 0 Å². The second kappa shape index (κ2) is 7.53. The van der Waals surface area contributed by atoms with Crippen molar-refractivity contribution in [2.75, 3.05) is 18.0 Å². The molecule has 1 fully saturated rings. The van der Waals surface area contributed by atoms with Gasteiger partial charge in [0.15, 0.2) is 0 Å². The van der Waals surface area contributed by atoms with Gasteiger partial charge in [0.05, 0.1) is 0 Å². The van der Waals surface area contributed by atoms with Crippen molar-refractivity contribution >= 4 is 11.7 Å². The van der Waals surface area contributed by atoms with Crippen LogP contribution in [0, 0.1) is 5.82 Å². The summed E-state index contributed by atoms with van der Waals surface area (Å²) >= 11 is 0. The number of rotatable bonds is 5. The largest absolute Gasteiger partial charge is 0.357 e. The van der Waals surface area contributed by atoms with Crippen LogP contribution in [0.3, 0.4) is 0 Å². The second-order valence-corrected chi connectivity index (χ2v) is 6.33. The molecule has 3 heterocycles. The zero-order valence-corrected chi connectivity index (χ0v) is 14.6. The first kappa shape index (κ1) is 17.1. The first-order valence-electron chi connectivity index (χ1n) is 8.77. The molecule has 0 unspecified atom stereocenters. The molecule has 0 saturated carbocycles. The molecule has 7 nitrogen and oxygen atoms in total. The summed E-state index contributed by atoms with van der Waals surface area (Å²) in [5.74, 6) is 0.196. The van der Waals surface area contributed by atoms with E-state index < -0.39 is 5.91 Å². The summed E-state index contributed by atoms with van der Waals surface area (Å²) in [6.45, 7) is 2.13. The maximum absolute atomic E-state index is 13.2. The van der Waals surface area contributed by atoms with Gasteiger partial charge in [0.1, 0.15) is 11.6 Å². The molecular formula is C19H18FN5O2. The van der Waals surface area contributed by atoms with Crippen LogP contribution in [0.4, 0.5) is 10.2 Å². The lowest BCUT2D eigenvalue weighted by atomic mass is 10.2. The van der Waals surface area contributed by atoms with Crippen LogP contribution in [0.1, 0.15) is 29.1 Å². The molecule has 2 aromatic heterocycles. The highest BCUT2D eigenvalue weighted by Crippen LogP contribution is 2.23. The smallest absolute Gasteiger partial charge is 0.316 e. The minimum Gasteiger partial charge on any atom is -0.357 e. The molecule has 1 aliphatic heterocycles. The summed E-state index contributed by atoms with van der Waals surface area (Å²) in [7, 11) is 0. The fourth-order valence-electron chi connectivity index (χ4n) is 3.01. The Bertz CT molecular complexity index is 953. The van der Waals surface area contributed by atoms with Crippen molar-refractivity contribution in [2.24, 2.45) is 0 Å². The van der Waals surface area contributed by atoms with E-state index in [0.29, 0.717) is 11.4 Å². The van der Waals surface area contributed by atoms with Gasteiger partial charge in [0.2, 0.25) is 5.82 Å². The van der Waals surface area contributed by atoms with Crippen LogP contribution in [-0.4, -0.2) is 34.1 Å². The Morgan fingerprint density at radius 1 is 1.22 bits per heavy atom. The Morgan fingerprint density at radius 2 is 2.07 bits per heavy atom. The van der Waals surface area contributed by atoms with E-state index in [-0.39, 0.29) is 18.3 Å². The lowest BCUT2D eigenvalue weighted by Gasteiger charge is -2.16. The number of aromatic nitrogens is 3. The molecule has 0 bridgehead atoms. The van der Waals surface area contributed by atoms with E-state index >= 15 is 0 Å². The van der Waals surface area contributed by atoms with E-state index in [9.17, 15) is 9.18 Å². The molecule has 27 heavy (non-hydrogen) atoms. The Hall–Kier alpha value is -3.29. The average Bonchev–Trinajstić information content (AvgIpc) is 3.38. The van der Waals surface area contributed by atoms with E-state index in [4.69, 9.17) is 4.52 Å². The van der Waals surface area contributed by atoms with Gasteiger partial charge in [0.25, 0.3) is 0 Å². The van der Waals surface area contributed by atoms with Crippen LogP contribution in [0.25, 0.3) is 11.4 Å². The van der Waals surface area contributed by atoms with Crippen molar-refractivity contribution in [1.29, 1.82) is 0 Å². The molecule has 0 radical (unpaired) electrons. The number of halogens is 1. The molecule has 8 heteroatoms. The minimum absolute atomic E-state index is 0.138. The van der Waals surface area contributed by atoms with E-state index in [1.54, 1.807) is 24.4 Å². The summed E-state index contributed by atoms with van der Waals surface area (Å²) in [6.07, 6.45) is 4.01. The number of carbonyl (C=O) groups is 1. The van der Waals surface area contributed by atoms with Gasteiger partial charge in [0, 0.05) is 31.4 Å². The van der Waals surface area contributed by atoms with Crippen molar-refractivity contribution in [1.82, 2.24) is 20.4 Å². The lowest BCUT2D eigenvalue weighted by molar-refractivity contribution is 0.0907. The monoisotopic (exact) mass is 367 g/mol. The number of nitrogens with one attached hydrogen (secondary N) is 1. The number of nitrogens with zero attached hydrogens (tertiary/aromatic N) is 4. The zero-order chi connectivity index (χ0) is 18.6. The maximum Gasteiger partial charge on any atom is 0.316 e. The second-order valence-electron chi connectivity index (χ2n) is 6.33. The fraction of sp³-hybridized carbons (Fsp3) is 0.263. The number of amides is 1.